The van der Waals surface area contributed by atoms with Gasteiger partial charge in [0.2, 0.25) is 0 Å². The van der Waals surface area contributed by atoms with Crippen molar-refractivity contribution in [2.24, 2.45) is 0 Å². The number of nitrogens with one attached hydrogen (secondary N) is 1. The lowest BCUT2D eigenvalue weighted by Gasteiger charge is -2.03. The van der Waals surface area contributed by atoms with Gasteiger partial charge in [-0.3, -0.25) is 10.1 Å². The highest BCUT2D eigenvalue weighted by atomic mass is 32.1. The average Bonchev–Trinajstić information content (AvgIpc) is 3.23. The summed E-state index contributed by atoms with van der Waals surface area (Å²) in [4.78, 5) is 26.8. The zero-order valence-corrected chi connectivity index (χ0v) is 14.8. The van der Waals surface area contributed by atoms with E-state index in [2.05, 4.69) is 20.3 Å². The Kier molecular flexibility index (Phi) is 3.90. The van der Waals surface area contributed by atoms with Gasteiger partial charge in [-0.2, -0.15) is 0 Å². The molecule has 3 heterocycles. The van der Waals surface area contributed by atoms with Gasteiger partial charge < -0.3 is 5.73 Å². The summed E-state index contributed by atoms with van der Waals surface area (Å²) >= 11 is 2.62. The van der Waals surface area contributed by atoms with Gasteiger partial charge in [-0.05, 0) is 6.92 Å². The molecule has 1 aromatic carbocycles. The molecule has 0 aliphatic rings. The number of amides is 1. The molecule has 124 valence electrons. The van der Waals surface area contributed by atoms with Crippen LogP contribution in [0.3, 0.4) is 0 Å². The predicted octanol–water partition coefficient (Wildman–Crippen LogP) is 3.96. The molecule has 0 unspecified atom stereocenters. The maximum atomic E-state index is 12.5. The third-order valence-electron chi connectivity index (χ3n) is 3.66. The largest absolute Gasteiger partial charge is 0.397 e. The van der Waals surface area contributed by atoms with E-state index in [-0.39, 0.29) is 5.91 Å². The van der Waals surface area contributed by atoms with E-state index < -0.39 is 0 Å². The Morgan fingerprint density at radius 1 is 1.20 bits per heavy atom. The summed E-state index contributed by atoms with van der Waals surface area (Å²) in [6.45, 7) is 1.88. The summed E-state index contributed by atoms with van der Waals surface area (Å²) in [5.41, 5.74) is 8.30. The quantitative estimate of drug-likeness (QED) is 0.572. The molecule has 4 rings (SSSR count). The molecule has 25 heavy (non-hydrogen) atoms. The fourth-order valence-electron chi connectivity index (χ4n) is 2.52. The van der Waals surface area contributed by atoms with Crippen LogP contribution in [0, 0.1) is 6.92 Å². The fraction of sp³-hybridized carbons (Fsp3) is 0.0588. The minimum Gasteiger partial charge on any atom is -0.397 e. The molecule has 0 fully saturated rings. The molecular weight excluding hydrogens is 354 g/mol. The van der Waals surface area contributed by atoms with Crippen LogP contribution in [0.15, 0.2) is 41.9 Å². The topological polar surface area (TPSA) is 93.8 Å². The van der Waals surface area contributed by atoms with Gasteiger partial charge >= 0.3 is 0 Å². The van der Waals surface area contributed by atoms with E-state index in [0.717, 1.165) is 16.6 Å². The molecule has 8 heteroatoms. The molecule has 0 aliphatic heterocycles. The molecule has 0 saturated heterocycles. The van der Waals surface area contributed by atoms with E-state index in [4.69, 9.17) is 5.73 Å². The minimum absolute atomic E-state index is 0.281. The van der Waals surface area contributed by atoms with Crippen molar-refractivity contribution < 1.29 is 4.79 Å². The number of thiophene rings is 1. The third-order valence-corrected chi connectivity index (χ3v) is 5.45. The molecule has 0 bridgehead atoms. The summed E-state index contributed by atoms with van der Waals surface area (Å²) in [7, 11) is 0. The van der Waals surface area contributed by atoms with E-state index in [1.165, 1.54) is 22.7 Å². The van der Waals surface area contributed by atoms with Crippen LogP contribution in [-0.2, 0) is 0 Å². The molecule has 0 atom stereocenters. The van der Waals surface area contributed by atoms with Crippen molar-refractivity contribution in [2.45, 2.75) is 6.92 Å². The molecule has 0 aliphatic carbocycles. The van der Waals surface area contributed by atoms with Crippen molar-refractivity contribution in [3.8, 4) is 11.4 Å². The first-order chi connectivity index (χ1) is 12.1. The van der Waals surface area contributed by atoms with E-state index in [0.29, 0.717) is 26.4 Å². The predicted molar refractivity (Wildman–Crippen MR) is 102 cm³/mol. The van der Waals surface area contributed by atoms with Crippen LogP contribution < -0.4 is 11.1 Å². The van der Waals surface area contributed by atoms with Crippen LogP contribution >= 0.6 is 22.7 Å². The van der Waals surface area contributed by atoms with E-state index in [1.54, 1.807) is 11.6 Å². The Bertz CT molecular complexity index is 1060. The van der Waals surface area contributed by atoms with Crippen molar-refractivity contribution in [1.82, 2.24) is 15.0 Å². The van der Waals surface area contributed by atoms with Crippen molar-refractivity contribution in [3.63, 3.8) is 0 Å². The number of aryl methyl sites for hydroxylation is 1. The highest BCUT2D eigenvalue weighted by molar-refractivity contribution is 7.21. The fourth-order valence-corrected chi connectivity index (χ4v) is 4.08. The first-order valence-electron chi connectivity index (χ1n) is 7.46. The summed E-state index contributed by atoms with van der Waals surface area (Å²) in [5, 5.41) is 5.82. The third kappa shape index (κ3) is 2.86. The Morgan fingerprint density at radius 3 is 2.72 bits per heavy atom. The van der Waals surface area contributed by atoms with Crippen LogP contribution in [-0.4, -0.2) is 20.9 Å². The number of carbonyl (C=O) groups is 1. The number of nitrogen functional groups attached to an aromatic ring is 1. The van der Waals surface area contributed by atoms with Crippen LogP contribution in [0.5, 0.6) is 0 Å². The van der Waals surface area contributed by atoms with Crippen molar-refractivity contribution in [1.29, 1.82) is 0 Å². The molecule has 6 nitrogen and oxygen atoms in total. The molecule has 1 amide bonds. The number of anilines is 2. The van der Waals surface area contributed by atoms with Crippen molar-refractivity contribution in [3.05, 3.63) is 52.5 Å². The van der Waals surface area contributed by atoms with Crippen LogP contribution in [0.1, 0.15) is 15.4 Å². The SMILES string of the molecule is Cc1nc(-c2ccccc2)nc2sc(C(=O)Nc3nccs3)c(N)c12. The zero-order valence-electron chi connectivity index (χ0n) is 13.2. The number of fused-ring (bicyclic) bond motifs is 1. The second kappa shape index (κ2) is 6.23. The molecule has 3 N–H and O–H groups in total. The number of carbonyl (C=O) groups excluding carboxylic acids is 1. The molecule has 3 aromatic heterocycles. The summed E-state index contributed by atoms with van der Waals surface area (Å²) in [6.07, 6.45) is 1.64. The lowest BCUT2D eigenvalue weighted by Crippen LogP contribution is -2.11. The summed E-state index contributed by atoms with van der Waals surface area (Å²) < 4.78 is 0. The Morgan fingerprint density at radius 2 is 2.00 bits per heavy atom. The van der Waals surface area contributed by atoms with E-state index in [1.807, 2.05) is 37.3 Å². The first kappa shape index (κ1) is 15.7. The van der Waals surface area contributed by atoms with Gasteiger partial charge in [0.15, 0.2) is 11.0 Å². The number of hydrogen-bond donors (Lipinski definition) is 2. The zero-order chi connectivity index (χ0) is 17.4. The van der Waals surface area contributed by atoms with Gasteiger partial charge in [-0.1, -0.05) is 30.3 Å². The Labute approximate surface area is 151 Å². The van der Waals surface area contributed by atoms with Gasteiger partial charge in [0.05, 0.1) is 16.8 Å². The van der Waals surface area contributed by atoms with E-state index >= 15 is 0 Å². The monoisotopic (exact) mass is 367 g/mol. The lowest BCUT2D eigenvalue weighted by molar-refractivity contribution is 0.103. The van der Waals surface area contributed by atoms with Gasteiger partial charge in [0.1, 0.15) is 9.71 Å². The van der Waals surface area contributed by atoms with Crippen molar-refractivity contribution in [2.75, 3.05) is 11.1 Å². The minimum atomic E-state index is -0.281. The molecule has 0 spiro atoms. The normalized spacial score (nSPS) is 10.9. The molecular formula is C17H13N5OS2. The smallest absolute Gasteiger partial charge is 0.269 e. The summed E-state index contributed by atoms with van der Waals surface area (Å²) in [6, 6.07) is 9.72. The number of nitrogens with two attached hydrogens (primary N) is 1. The summed E-state index contributed by atoms with van der Waals surface area (Å²) in [5.74, 6) is 0.342. The maximum Gasteiger partial charge on any atom is 0.269 e. The Hall–Kier alpha value is -2.84. The van der Waals surface area contributed by atoms with Crippen LogP contribution in [0.2, 0.25) is 0 Å². The maximum absolute atomic E-state index is 12.5. The average molecular weight is 367 g/mol. The van der Waals surface area contributed by atoms with E-state index in [9.17, 15) is 4.79 Å². The molecule has 4 aromatic rings. The second-order valence-corrected chi connectivity index (χ2v) is 7.21. The van der Waals surface area contributed by atoms with Gasteiger partial charge in [0, 0.05) is 17.1 Å². The number of benzene rings is 1. The van der Waals surface area contributed by atoms with Gasteiger partial charge in [-0.25, -0.2) is 15.0 Å². The number of thiazole rings is 1. The highest BCUT2D eigenvalue weighted by Gasteiger charge is 2.21. The second-order valence-electron chi connectivity index (χ2n) is 5.32. The number of hydrogen-bond acceptors (Lipinski definition) is 7. The first-order valence-corrected chi connectivity index (χ1v) is 9.16. The Balaban J connectivity index is 1.79. The van der Waals surface area contributed by atoms with Crippen LogP contribution in [0.25, 0.3) is 21.6 Å². The molecule has 0 saturated carbocycles. The number of rotatable bonds is 3. The van der Waals surface area contributed by atoms with Gasteiger partial charge in [0.25, 0.3) is 5.91 Å². The van der Waals surface area contributed by atoms with Crippen molar-refractivity contribution >= 4 is 49.6 Å². The number of nitrogens with zero attached hydrogens (tertiary/aromatic N) is 3. The van der Waals surface area contributed by atoms with Crippen LogP contribution in [0.4, 0.5) is 10.8 Å². The number of aromatic nitrogens is 3. The lowest BCUT2D eigenvalue weighted by atomic mass is 10.2. The van der Waals surface area contributed by atoms with Gasteiger partial charge in [-0.15, -0.1) is 22.7 Å². The standard InChI is InChI=1S/C17H13N5OS2/c1-9-11-12(18)13(15(23)22-17-19-7-8-24-17)25-16(11)21-14(20-9)10-5-3-2-4-6-10/h2-8H,18H2,1H3,(H,19,22,23). The molecule has 0 radical (unpaired) electrons. The highest BCUT2D eigenvalue weighted by Crippen LogP contribution is 2.35.